The largest absolute Gasteiger partial charge is 0.478 e. The highest BCUT2D eigenvalue weighted by Crippen LogP contribution is 2.30. The number of aromatic carboxylic acids is 1. The number of carbonyl (C=O) groups is 1. The highest BCUT2D eigenvalue weighted by molar-refractivity contribution is 6.34. The second-order valence-electron chi connectivity index (χ2n) is 4.60. The van der Waals surface area contributed by atoms with Crippen molar-refractivity contribution in [2.75, 3.05) is 24.6 Å². The fraction of sp³-hybridized carbons (Fsp3) is 0.500. The standard InChI is InChI=1S/C14H18ClNO3/c1-2-19-10-5-4-8-16(9-10)12-7-3-6-11(15)13(12)14(17)18/h3,6-7,10H,2,4-5,8-9H2,1H3,(H,17,18). The summed E-state index contributed by atoms with van der Waals surface area (Å²) >= 11 is 6.00. The predicted octanol–water partition coefficient (Wildman–Crippen LogP) is 3.04. The Balaban J connectivity index is 2.26. The molecule has 1 fully saturated rings. The molecule has 4 nitrogen and oxygen atoms in total. The molecule has 0 radical (unpaired) electrons. The van der Waals surface area contributed by atoms with Crippen molar-refractivity contribution in [3.05, 3.63) is 28.8 Å². The van der Waals surface area contributed by atoms with Crippen molar-refractivity contribution >= 4 is 23.3 Å². The third-order valence-electron chi connectivity index (χ3n) is 3.33. The molecule has 0 aliphatic carbocycles. The maximum atomic E-state index is 11.4. The van der Waals surface area contributed by atoms with Crippen molar-refractivity contribution < 1.29 is 14.6 Å². The normalized spacial score (nSPS) is 19.5. The molecule has 0 amide bonds. The highest BCUT2D eigenvalue weighted by atomic mass is 35.5. The van der Waals surface area contributed by atoms with Crippen LogP contribution in [0.5, 0.6) is 0 Å². The number of carboxylic acids is 1. The number of hydrogen-bond acceptors (Lipinski definition) is 3. The van der Waals surface area contributed by atoms with Gasteiger partial charge in [0.2, 0.25) is 0 Å². The lowest BCUT2D eigenvalue weighted by Crippen LogP contribution is -2.40. The number of anilines is 1. The summed E-state index contributed by atoms with van der Waals surface area (Å²) in [6.45, 7) is 4.21. The van der Waals surface area contributed by atoms with Gasteiger partial charge in [-0.05, 0) is 31.9 Å². The number of carboxylic acid groups (broad SMARTS) is 1. The van der Waals surface area contributed by atoms with Gasteiger partial charge in [0.15, 0.2) is 0 Å². The summed E-state index contributed by atoms with van der Waals surface area (Å²) in [6.07, 6.45) is 2.18. The number of nitrogens with zero attached hydrogens (tertiary/aromatic N) is 1. The van der Waals surface area contributed by atoms with E-state index in [9.17, 15) is 9.90 Å². The Morgan fingerprint density at radius 1 is 1.58 bits per heavy atom. The number of rotatable bonds is 4. The van der Waals surface area contributed by atoms with Gasteiger partial charge in [0.1, 0.15) is 5.56 Å². The molecule has 1 N–H and O–H groups in total. The van der Waals surface area contributed by atoms with E-state index < -0.39 is 5.97 Å². The molecule has 19 heavy (non-hydrogen) atoms. The van der Waals surface area contributed by atoms with Gasteiger partial charge in [-0.3, -0.25) is 0 Å². The first-order chi connectivity index (χ1) is 9.13. The van der Waals surface area contributed by atoms with Crippen LogP contribution in [-0.4, -0.2) is 36.9 Å². The molecule has 1 aliphatic heterocycles. The summed E-state index contributed by atoms with van der Waals surface area (Å²) in [7, 11) is 0. The van der Waals surface area contributed by atoms with Gasteiger partial charge in [0.05, 0.1) is 16.8 Å². The molecule has 1 aromatic carbocycles. The molecule has 1 aliphatic rings. The van der Waals surface area contributed by atoms with E-state index in [1.807, 2.05) is 13.0 Å². The molecule has 0 aromatic heterocycles. The van der Waals surface area contributed by atoms with Crippen LogP contribution in [0.2, 0.25) is 5.02 Å². The van der Waals surface area contributed by atoms with Gasteiger partial charge in [-0.1, -0.05) is 17.7 Å². The Bertz CT molecular complexity index is 462. The average Bonchev–Trinajstić information content (AvgIpc) is 2.38. The van der Waals surface area contributed by atoms with Crippen LogP contribution in [0.25, 0.3) is 0 Å². The van der Waals surface area contributed by atoms with Crippen molar-refractivity contribution in [2.45, 2.75) is 25.9 Å². The maximum Gasteiger partial charge on any atom is 0.339 e. The van der Waals surface area contributed by atoms with Crippen LogP contribution in [0, 0.1) is 0 Å². The Labute approximate surface area is 117 Å². The van der Waals surface area contributed by atoms with E-state index in [4.69, 9.17) is 16.3 Å². The van der Waals surface area contributed by atoms with E-state index in [0.29, 0.717) is 18.8 Å². The Morgan fingerprint density at radius 3 is 3.05 bits per heavy atom. The lowest BCUT2D eigenvalue weighted by molar-refractivity contribution is 0.0524. The molecule has 0 saturated carbocycles. The van der Waals surface area contributed by atoms with Crippen LogP contribution < -0.4 is 4.90 Å². The summed E-state index contributed by atoms with van der Waals surface area (Å²) < 4.78 is 5.64. The van der Waals surface area contributed by atoms with Gasteiger partial charge in [0, 0.05) is 19.7 Å². The van der Waals surface area contributed by atoms with Crippen LogP contribution in [-0.2, 0) is 4.74 Å². The van der Waals surface area contributed by atoms with Crippen molar-refractivity contribution in [1.29, 1.82) is 0 Å². The van der Waals surface area contributed by atoms with Crippen molar-refractivity contribution in [2.24, 2.45) is 0 Å². The van der Waals surface area contributed by atoms with Gasteiger partial charge in [0.25, 0.3) is 0 Å². The van der Waals surface area contributed by atoms with Crippen molar-refractivity contribution in [3.63, 3.8) is 0 Å². The van der Waals surface area contributed by atoms with E-state index in [1.54, 1.807) is 12.1 Å². The van der Waals surface area contributed by atoms with Gasteiger partial charge in [-0.2, -0.15) is 0 Å². The van der Waals surface area contributed by atoms with Crippen LogP contribution in [0.1, 0.15) is 30.1 Å². The van der Waals surface area contributed by atoms with E-state index in [1.165, 1.54) is 0 Å². The third-order valence-corrected chi connectivity index (χ3v) is 3.64. The molecular weight excluding hydrogens is 266 g/mol. The lowest BCUT2D eigenvalue weighted by atomic mass is 10.0. The molecule has 0 spiro atoms. The van der Waals surface area contributed by atoms with Gasteiger partial charge >= 0.3 is 5.97 Å². The van der Waals surface area contributed by atoms with Gasteiger partial charge < -0.3 is 14.7 Å². The molecule has 2 rings (SSSR count). The number of ether oxygens (including phenoxy) is 1. The van der Waals surface area contributed by atoms with E-state index in [2.05, 4.69) is 4.90 Å². The fourth-order valence-corrected chi connectivity index (χ4v) is 2.77. The predicted molar refractivity (Wildman–Crippen MR) is 75.3 cm³/mol. The number of halogens is 1. The highest BCUT2D eigenvalue weighted by Gasteiger charge is 2.24. The molecule has 1 atom stereocenters. The lowest BCUT2D eigenvalue weighted by Gasteiger charge is -2.35. The SMILES string of the molecule is CCOC1CCCN(c2cccc(Cl)c2C(=O)O)C1. The zero-order chi connectivity index (χ0) is 13.8. The molecule has 1 unspecified atom stereocenters. The fourth-order valence-electron chi connectivity index (χ4n) is 2.52. The smallest absolute Gasteiger partial charge is 0.339 e. The molecular formula is C14H18ClNO3. The number of hydrogen-bond donors (Lipinski definition) is 1. The summed E-state index contributed by atoms with van der Waals surface area (Å²) in [5.74, 6) is -0.987. The zero-order valence-corrected chi connectivity index (χ0v) is 11.7. The van der Waals surface area contributed by atoms with Crippen molar-refractivity contribution in [3.8, 4) is 0 Å². The first-order valence-electron chi connectivity index (χ1n) is 6.51. The first kappa shape index (κ1) is 14.2. The Morgan fingerprint density at radius 2 is 2.37 bits per heavy atom. The van der Waals surface area contributed by atoms with E-state index in [0.717, 1.165) is 19.4 Å². The summed E-state index contributed by atoms with van der Waals surface area (Å²) in [5.41, 5.74) is 0.866. The summed E-state index contributed by atoms with van der Waals surface area (Å²) in [5, 5.41) is 9.59. The number of piperidine rings is 1. The van der Waals surface area contributed by atoms with Gasteiger partial charge in [-0.25, -0.2) is 4.79 Å². The molecule has 1 aromatic rings. The molecule has 0 bridgehead atoms. The number of benzene rings is 1. The van der Waals surface area contributed by atoms with Crippen LogP contribution in [0.4, 0.5) is 5.69 Å². The Kier molecular flexibility index (Phi) is 4.66. The second-order valence-corrected chi connectivity index (χ2v) is 5.01. The summed E-state index contributed by atoms with van der Waals surface area (Å²) in [6, 6.07) is 5.20. The monoisotopic (exact) mass is 283 g/mol. The second kappa shape index (κ2) is 6.26. The molecule has 5 heteroatoms. The van der Waals surface area contributed by atoms with E-state index in [-0.39, 0.29) is 16.7 Å². The third kappa shape index (κ3) is 3.19. The van der Waals surface area contributed by atoms with Crippen LogP contribution in [0.3, 0.4) is 0 Å². The minimum absolute atomic E-state index is 0.166. The van der Waals surface area contributed by atoms with Crippen molar-refractivity contribution in [1.82, 2.24) is 0 Å². The zero-order valence-electron chi connectivity index (χ0n) is 10.9. The van der Waals surface area contributed by atoms with E-state index >= 15 is 0 Å². The quantitative estimate of drug-likeness (QED) is 0.923. The molecule has 104 valence electrons. The van der Waals surface area contributed by atoms with Crippen LogP contribution >= 0.6 is 11.6 Å². The topological polar surface area (TPSA) is 49.8 Å². The van der Waals surface area contributed by atoms with Gasteiger partial charge in [-0.15, -0.1) is 0 Å². The molecule has 1 saturated heterocycles. The first-order valence-corrected chi connectivity index (χ1v) is 6.89. The molecule has 1 heterocycles. The average molecular weight is 284 g/mol. The van der Waals surface area contributed by atoms with Crippen LogP contribution in [0.15, 0.2) is 18.2 Å². The maximum absolute atomic E-state index is 11.4. The minimum atomic E-state index is -0.987. The summed E-state index contributed by atoms with van der Waals surface area (Å²) in [4.78, 5) is 13.4. The minimum Gasteiger partial charge on any atom is -0.478 e. The Hall–Kier alpha value is -1.26.